The quantitative estimate of drug-likeness (QED) is 0.846. The normalized spacial score (nSPS) is 10.0. The number of thiophene rings is 1. The van der Waals surface area contributed by atoms with E-state index in [0.717, 1.165) is 0 Å². The SMILES string of the molecule is NC(=S)c1ccc(OCc2cccs2)cn1. The Bertz CT molecular complexity index is 465. The lowest BCUT2D eigenvalue weighted by molar-refractivity contribution is 0.308. The molecule has 16 heavy (non-hydrogen) atoms. The van der Waals surface area contributed by atoms with Gasteiger partial charge in [-0.1, -0.05) is 18.3 Å². The summed E-state index contributed by atoms with van der Waals surface area (Å²) in [5.74, 6) is 0.716. The second kappa shape index (κ2) is 5.05. The van der Waals surface area contributed by atoms with Crippen molar-refractivity contribution < 1.29 is 4.74 Å². The van der Waals surface area contributed by atoms with Crippen molar-refractivity contribution in [2.75, 3.05) is 0 Å². The van der Waals surface area contributed by atoms with E-state index in [1.165, 1.54) is 4.88 Å². The summed E-state index contributed by atoms with van der Waals surface area (Å²) >= 11 is 6.48. The predicted octanol–water partition coefficient (Wildman–Crippen LogP) is 2.36. The Morgan fingerprint density at radius 3 is 2.88 bits per heavy atom. The number of hydrogen-bond donors (Lipinski definition) is 1. The van der Waals surface area contributed by atoms with E-state index in [1.54, 1.807) is 23.6 Å². The average Bonchev–Trinajstić information content (AvgIpc) is 2.80. The summed E-state index contributed by atoms with van der Waals surface area (Å²) in [5.41, 5.74) is 6.05. The maximum atomic E-state index is 5.55. The topological polar surface area (TPSA) is 48.1 Å². The molecule has 2 N–H and O–H groups in total. The first-order valence-electron chi connectivity index (χ1n) is 4.67. The van der Waals surface area contributed by atoms with Crippen LogP contribution in [0.15, 0.2) is 35.8 Å². The Hall–Kier alpha value is -1.46. The first-order chi connectivity index (χ1) is 7.75. The molecule has 2 aromatic heterocycles. The van der Waals surface area contributed by atoms with Gasteiger partial charge in [-0.05, 0) is 23.6 Å². The number of aromatic nitrogens is 1. The van der Waals surface area contributed by atoms with Crippen LogP contribution in [-0.2, 0) is 6.61 Å². The molecule has 2 heterocycles. The lowest BCUT2D eigenvalue weighted by atomic mass is 10.3. The predicted molar refractivity (Wildman–Crippen MR) is 68.8 cm³/mol. The zero-order valence-corrected chi connectivity index (χ0v) is 10.1. The second-order valence-electron chi connectivity index (χ2n) is 3.11. The zero-order chi connectivity index (χ0) is 11.4. The van der Waals surface area contributed by atoms with Gasteiger partial charge in [0.05, 0.1) is 11.9 Å². The number of nitrogens with two attached hydrogens (primary N) is 1. The van der Waals surface area contributed by atoms with Crippen molar-refractivity contribution >= 4 is 28.5 Å². The minimum absolute atomic E-state index is 0.296. The van der Waals surface area contributed by atoms with Crippen LogP contribution in [0.5, 0.6) is 5.75 Å². The van der Waals surface area contributed by atoms with Crippen LogP contribution in [0.4, 0.5) is 0 Å². The number of rotatable bonds is 4. The number of ether oxygens (including phenoxy) is 1. The Kier molecular flexibility index (Phi) is 3.48. The summed E-state index contributed by atoms with van der Waals surface area (Å²) in [6.45, 7) is 0.561. The highest BCUT2D eigenvalue weighted by atomic mass is 32.1. The van der Waals surface area contributed by atoms with Gasteiger partial charge in [0.1, 0.15) is 17.3 Å². The Balaban J connectivity index is 1.98. The van der Waals surface area contributed by atoms with Crippen molar-refractivity contribution in [3.05, 3.63) is 46.4 Å². The lowest BCUT2D eigenvalue weighted by Gasteiger charge is -2.04. The highest BCUT2D eigenvalue weighted by Crippen LogP contribution is 2.14. The molecule has 0 saturated heterocycles. The minimum atomic E-state index is 0.296. The molecule has 2 aromatic rings. The fourth-order valence-corrected chi connectivity index (χ4v) is 1.90. The fraction of sp³-hybridized carbons (Fsp3) is 0.0909. The first kappa shape index (κ1) is 11.0. The molecular weight excluding hydrogens is 240 g/mol. The molecule has 0 amide bonds. The van der Waals surface area contributed by atoms with Crippen molar-refractivity contribution in [3.8, 4) is 5.75 Å². The standard InChI is InChI=1S/C11H10N2OS2/c12-11(15)10-4-3-8(6-13-10)14-7-9-2-1-5-16-9/h1-6H,7H2,(H2,12,15). The van der Waals surface area contributed by atoms with Gasteiger partial charge >= 0.3 is 0 Å². The summed E-state index contributed by atoms with van der Waals surface area (Å²) in [6.07, 6.45) is 1.63. The largest absolute Gasteiger partial charge is 0.486 e. The van der Waals surface area contributed by atoms with E-state index in [0.29, 0.717) is 23.0 Å². The van der Waals surface area contributed by atoms with Crippen LogP contribution in [0, 0.1) is 0 Å². The molecule has 0 fully saturated rings. The second-order valence-corrected chi connectivity index (χ2v) is 4.58. The summed E-state index contributed by atoms with van der Waals surface area (Å²) in [5, 5.41) is 2.02. The highest BCUT2D eigenvalue weighted by molar-refractivity contribution is 7.80. The van der Waals surface area contributed by atoms with Crippen LogP contribution >= 0.6 is 23.6 Å². The van der Waals surface area contributed by atoms with Crippen LogP contribution < -0.4 is 10.5 Å². The minimum Gasteiger partial charge on any atom is -0.486 e. The Morgan fingerprint density at radius 1 is 1.44 bits per heavy atom. The Labute approximate surface area is 103 Å². The van der Waals surface area contributed by atoms with E-state index in [2.05, 4.69) is 4.98 Å². The molecule has 0 aliphatic rings. The molecule has 2 rings (SSSR count). The molecule has 0 aliphatic heterocycles. The number of pyridine rings is 1. The molecule has 0 aliphatic carbocycles. The van der Waals surface area contributed by atoms with Crippen LogP contribution in [0.1, 0.15) is 10.6 Å². The van der Waals surface area contributed by atoms with E-state index in [-0.39, 0.29) is 0 Å². The molecule has 0 unspecified atom stereocenters. The summed E-state index contributed by atoms with van der Waals surface area (Å²) in [7, 11) is 0. The van der Waals surface area contributed by atoms with Gasteiger partial charge in [-0.15, -0.1) is 11.3 Å². The fourth-order valence-electron chi connectivity index (χ4n) is 1.16. The van der Waals surface area contributed by atoms with Gasteiger partial charge in [0.15, 0.2) is 0 Å². The molecule has 82 valence electrons. The molecule has 0 radical (unpaired) electrons. The van der Waals surface area contributed by atoms with Gasteiger partial charge in [-0.2, -0.15) is 0 Å². The van der Waals surface area contributed by atoms with Crippen molar-refractivity contribution in [2.45, 2.75) is 6.61 Å². The molecule has 5 heteroatoms. The van der Waals surface area contributed by atoms with Crippen molar-refractivity contribution in [3.63, 3.8) is 0 Å². The van der Waals surface area contributed by atoms with E-state index in [9.17, 15) is 0 Å². The molecule has 0 saturated carbocycles. The van der Waals surface area contributed by atoms with Crippen LogP contribution in [-0.4, -0.2) is 9.97 Å². The molecule has 3 nitrogen and oxygen atoms in total. The summed E-state index contributed by atoms with van der Waals surface area (Å²) in [6, 6.07) is 7.60. The highest BCUT2D eigenvalue weighted by Gasteiger charge is 2.00. The van der Waals surface area contributed by atoms with E-state index < -0.39 is 0 Å². The smallest absolute Gasteiger partial charge is 0.138 e. The van der Waals surface area contributed by atoms with Gasteiger partial charge in [-0.3, -0.25) is 0 Å². The van der Waals surface area contributed by atoms with Crippen LogP contribution in [0.3, 0.4) is 0 Å². The van der Waals surface area contributed by atoms with Gasteiger partial charge in [0.25, 0.3) is 0 Å². The van der Waals surface area contributed by atoms with Crippen molar-refractivity contribution in [2.24, 2.45) is 5.73 Å². The van der Waals surface area contributed by atoms with Gasteiger partial charge in [0.2, 0.25) is 0 Å². The van der Waals surface area contributed by atoms with Crippen LogP contribution in [0.2, 0.25) is 0 Å². The van der Waals surface area contributed by atoms with Crippen molar-refractivity contribution in [1.29, 1.82) is 0 Å². The number of thiocarbonyl (C=S) groups is 1. The third-order valence-corrected chi connectivity index (χ3v) is 3.01. The molecule has 0 bridgehead atoms. The third-order valence-electron chi connectivity index (χ3n) is 1.95. The Morgan fingerprint density at radius 2 is 2.31 bits per heavy atom. The average molecular weight is 250 g/mol. The number of hydrogen-bond acceptors (Lipinski definition) is 4. The van der Waals surface area contributed by atoms with Gasteiger partial charge in [0, 0.05) is 4.88 Å². The maximum absolute atomic E-state index is 5.55. The van der Waals surface area contributed by atoms with Crippen molar-refractivity contribution in [1.82, 2.24) is 4.98 Å². The summed E-state index contributed by atoms with van der Waals surface area (Å²) < 4.78 is 5.55. The lowest BCUT2D eigenvalue weighted by Crippen LogP contribution is -2.11. The molecule has 0 atom stereocenters. The monoisotopic (exact) mass is 250 g/mol. The number of nitrogens with zero attached hydrogens (tertiary/aromatic N) is 1. The third kappa shape index (κ3) is 2.77. The molecule has 0 aromatic carbocycles. The van der Waals surface area contributed by atoms with Gasteiger partial charge in [-0.25, -0.2) is 4.98 Å². The molecule has 0 spiro atoms. The van der Waals surface area contributed by atoms with Crippen LogP contribution in [0.25, 0.3) is 0 Å². The van der Waals surface area contributed by atoms with E-state index in [1.807, 2.05) is 23.6 Å². The molecular formula is C11H10N2OS2. The van der Waals surface area contributed by atoms with E-state index in [4.69, 9.17) is 22.7 Å². The summed E-state index contributed by atoms with van der Waals surface area (Å²) in [4.78, 5) is 5.57. The van der Waals surface area contributed by atoms with E-state index >= 15 is 0 Å². The zero-order valence-electron chi connectivity index (χ0n) is 8.42. The first-order valence-corrected chi connectivity index (χ1v) is 5.95. The maximum Gasteiger partial charge on any atom is 0.138 e. The van der Waals surface area contributed by atoms with Gasteiger partial charge < -0.3 is 10.5 Å².